The van der Waals surface area contributed by atoms with Gasteiger partial charge in [0.2, 0.25) is 0 Å². The van der Waals surface area contributed by atoms with Crippen LogP contribution in [0.1, 0.15) is 55.2 Å². The third-order valence-electron chi connectivity index (χ3n) is 6.18. The van der Waals surface area contributed by atoms with E-state index in [0.29, 0.717) is 6.04 Å². The van der Waals surface area contributed by atoms with Crippen molar-refractivity contribution in [2.24, 2.45) is 5.92 Å². The Morgan fingerprint density at radius 2 is 1.79 bits per heavy atom. The molecule has 2 aliphatic rings. The van der Waals surface area contributed by atoms with Crippen LogP contribution in [0.15, 0.2) is 27.4 Å². The van der Waals surface area contributed by atoms with Gasteiger partial charge in [-0.3, -0.25) is 4.90 Å². The van der Waals surface area contributed by atoms with E-state index >= 15 is 0 Å². The van der Waals surface area contributed by atoms with E-state index in [2.05, 4.69) is 24.8 Å². The van der Waals surface area contributed by atoms with Crippen LogP contribution in [0, 0.1) is 19.8 Å². The molecule has 2 atom stereocenters. The number of likely N-dealkylation sites (tertiary alicyclic amines) is 1. The number of rotatable bonds is 2. The fraction of sp³-hybridized carbons (Fsp3) is 0.571. The van der Waals surface area contributed by atoms with Crippen molar-refractivity contribution in [2.45, 2.75) is 65.0 Å². The summed E-state index contributed by atoms with van der Waals surface area (Å²) in [6.07, 6.45) is 8.13. The molecule has 2 heterocycles. The molecule has 2 fully saturated rings. The van der Waals surface area contributed by atoms with Crippen molar-refractivity contribution in [1.29, 1.82) is 0 Å². The van der Waals surface area contributed by atoms with Crippen LogP contribution in [-0.2, 0) is 6.54 Å². The zero-order valence-electron chi connectivity index (χ0n) is 14.8. The molecule has 0 radical (unpaired) electrons. The number of aryl methyl sites for hydroxylation is 2. The van der Waals surface area contributed by atoms with Crippen molar-refractivity contribution in [1.82, 2.24) is 4.90 Å². The van der Waals surface area contributed by atoms with E-state index in [-0.39, 0.29) is 5.63 Å². The maximum Gasteiger partial charge on any atom is 0.336 e. The van der Waals surface area contributed by atoms with E-state index in [9.17, 15) is 4.79 Å². The quantitative estimate of drug-likeness (QED) is 0.759. The average Bonchev–Trinajstić information content (AvgIpc) is 2.57. The highest BCUT2D eigenvalue weighted by atomic mass is 16.4. The maximum atomic E-state index is 12.0. The highest BCUT2D eigenvalue weighted by molar-refractivity contribution is 5.81. The molecule has 128 valence electrons. The van der Waals surface area contributed by atoms with Crippen molar-refractivity contribution >= 4 is 11.0 Å². The second-order valence-corrected chi connectivity index (χ2v) is 7.75. The molecule has 2 aromatic rings. The van der Waals surface area contributed by atoms with Gasteiger partial charge in [0, 0.05) is 24.0 Å². The van der Waals surface area contributed by atoms with Gasteiger partial charge in [0.15, 0.2) is 0 Å². The Hall–Kier alpha value is -1.61. The van der Waals surface area contributed by atoms with Gasteiger partial charge in [-0.15, -0.1) is 0 Å². The average molecular weight is 325 g/mol. The molecular formula is C21H27NO2. The van der Waals surface area contributed by atoms with Gasteiger partial charge in [0.25, 0.3) is 0 Å². The van der Waals surface area contributed by atoms with E-state index < -0.39 is 0 Å². The molecule has 24 heavy (non-hydrogen) atoms. The summed E-state index contributed by atoms with van der Waals surface area (Å²) in [4.78, 5) is 14.7. The Kier molecular flexibility index (Phi) is 4.21. The number of hydrogen-bond donors (Lipinski definition) is 0. The Balaban J connectivity index is 1.71. The van der Waals surface area contributed by atoms with Crippen LogP contribution >= 0.6 is 0 Å². The van der Waals surface area contributed by atoms with E-state index in [0.717, 1.165) is 35.5 Å². The number of piperidine rings is 1. The first-order valence-electron chi connectivity index (χ1n) is 9.40. The summed E-state index contributed by atoms with van der Waals surface area (Å²) in [5.41, 5.74) is 4.08. The van der Waals surface area contributed by atoms with E-state index in [1.807, 2.05) is 6.07 Å². The van der Waals surface area contributed by atoms with Gasteiger partial charge in [-0.1, -0.05) is 12.8 Å². The fourth-order valence-electron chi connectivity index (χ4n) is 4.76. The second-order valence-electron chi connectivity index (χ2n) is 7.75. The number of nitrogens with zero attached hydrogens (tertiary/aromatic N) is 1. The van der Waals surface area contributed by atoms with Crippen LogP contribution in [0.4, 0.5) is 0 Å². The first-order valence-corrected chi connectivity index (χ1v) is 9.40. The Morgan fingerprint density at radius 1 is 1.04 bits per heavy atom. The smallest absolute Gasteiger partial charge is 0.336 e. The van der Waals surface area contributed by atoms with Crippen molar-refractivity contribution in [2.75, 3.05) is 6.54 Å². The molecule has 0 amide bonds. The molecule has 0 bridgehead atoms. The van der Waals surface area contributed by atoms with Gasteiger partial charge >= 0.3 is 5.63 Å². The van der Waals surface area contributed by atoms with Crippen molar-refractivity contribution in [3.63, 3.8) is 0 Å². The van der Waals surface area contributed by atoms with E-state index in [1.54, 1.807) is 6.07 Å². The zero-order valence-corrected chi connectivity index (χ0v) is 14.8. The van der Waals surface area contributed by atoms with E-state index in [4.69, 9.17) is 4.42 Å². The van der Waals surface area contributed by atoms with Crippen molar-refractivity contribution in [3.8, 4) is 0 Å². The van der Waals surface area contributed by atoms with Gasteiger partial charge in [0.05, 0.1) is 0 Å². The molecule has 3 heteroatoms. The Morgan fingerprint density at radius 3 is 2.67 bits per heavy atom. The SMILES string of the molecule is Cc1cc2oc(=O)cc(CN3CCC[C@@H]4CCCC[C@@H]43)c2cc1C. The molecule has 1 aliphatic carbocycles. The molecule has 1 aromatic carbocycles. The Bertz CT molecular complexity index is 805. The topological polar surface area (TPSA) is 33.5 Å². The minimum Gasteiger partial charge on any atom is -0.423 e. The predicted molar refractivity (Wildman–Crippen MR) is 97.3 cm³/mol. The van der Waals surface area contributed by atoms with E-state index in [1.165, 1.54) is 49.7 Å². The molecule has 1 aromatic heterocycles. The lowest BCUT2D eigenvalue weighted by atomic mass is 9.78. The summed E-state index contributed by atoms with van der Waals surface area (Å²) < 4.78 is 5.46. The first-order chi connectivity index (χ1) is 11.6. The third-order valence-corrected chi connectivity index (χ3v) is 6.18. The standard InChI is InChI=1S/C21H27NO2/c1-14-10-18-17(12-21(23)24-20(18)11-15(14)2)13-22-9-5-7-16-6-3-4-8-19(16)22/h10-12,16,19H,3-9,13H2,1-2H3/t16-,19-/m0/s1. The summed E-state index contributed by atoms with van der Waals surface area (Å²) >= 11 is 0. The lowest BCUT2D eigenvalue weighted by molar-refractivity contribution is 0.0549. The van der Waals surface area contributed by atoms with Gasteiger partial charge in [-0.25, -0.2) is 4.79 Å². The number of benzene rings is 1. The van der Waals surface area contributed by atoms with Crippen LogP contribution in [0.2, 0.25) is 0 Å². The summed E-state index contributed by atoms with van der Waals surface area (Å²) in [5, 5.41) is 1.11. The zero-order chi connectivity index (χ0) is 16.7. The summed E-state index contributed by atoms with van der Waals surface area (Å²) in [5.74, 6) is 0.864. The molecule has 0 spiro atoms. The predicted octanol–water partition coefficient (Wildman–Crippen LogP) is 4.56. The van der Waals surface area contributed by atoms with Gasteiger partial charge in [-0.05, 0) is 80.8 Å². The van der Waals surface area contributed by atoms with Crippen LogP contribution in [0.5, 0.6) is 0 Å². The van der Waals surface area contributed by atoms with Gasteiger partial charge < -0.3 is 4.42 Å². The van der Waals surface area contributed by atoms with Crippen LogP contribution in [-0.4, -0.2) is 17.5 Å². The first kappa shape index (κ1) is 15.9. The normalized spacial score (nSPS) is 24.9. The second kappa shape index (κ2) is 6.36. The number of hydrogen-bond acceptors (Lipinski definition) is 3. The minimum absolute atomic E-state index is 0.224. The van der Waals surface area contributed by atoms with Gasteiger partial charge in [-0.2, -0.15) is 0 Å². The molecular weight excluding hydrogens is 298 g/mol. The highest BCUT2D eigenvalue weighted by Crippen LogP contribution is 2.36. The molecule has 4 rings (SSSR count). The summed E-state index contributed by atoms with van der Waals surface area (Å²) in [6, 6.07) is 6.62. The van der Waals surface area contributed by atoms with Crippen molar-refractivity contribution < 1.29 is 4.42 Å². The third kappa shape index (κ3) is 2.90. The highest BCUT2D eigenvalue weighted by Gasteiger charge is 2.33. The lowest BCUT2D eigenvalue weighted by Gasteiger charge is -2.44. The molecule has 3 nitrogen and oxygen atoms in total. The molecule has 1 aliphatic heterocycles. The fourth-order valence-corrected chi connectivity index (χ4v) is 4.76. The largest absolute Gasteiger partial charge is 0.423 e. The van der Waals surface area contributed by atoms with Crippen LogP contribution < -0.4 is 5.63 Å². The maximum absolute atomic E-state index is 12.0. The monoisotopic (exact) mass is 325 g/mol. The summed E-state index contributed by atoms with van der Waals surface area (Å²) in [7, 11) is 0. The lowest BCUT2D eigenvalue weighted by Crippen LogP contribution is -2.46. The molecule has 1 saturated heterocycles. The van der Waals surface area contributed by atoms with Crippen LogP contribution in [0.25, 0.3) is 11.0 Å². The summed E-state index contributed by atoms with van der Waals surface area (Å²) in [6.45, 7) is 6.24. The number of fused-ring (bicyclic) bond motifs is 2. The van der Waals surface area contributed by atoms with Crippen LogP contribution in [0.3, 0.4) is 0 Å². The Labute approximate surface area is 143 Å². The van der Waals surface area contributed by atoms with Gasteiger partial charge in [0.1, 0.15) is 5.58 Å². The minimum atomic E-state index is -0.224. The molecule has 0 unspecified atom stereocenters. The van der Waals surface area contributed by atoms with Crippen molar-refractivity contribution in [3.05, 3.63) is 45.3 Å². The molecule has 0 N–H and O–H groups in total. The molecule has 1 saturated carbocycles.